The number of ether oxygens (including phenoxy) is 1. The number of hydrogen-bond acceptors (Lipinski definition) is 3. The van der Waals surface area contributed by atoms with Gasteiger partial charge in [-0.3, -0.25) is 0 Å². The van der Waals surface area contributed by atoms with E-state index in [-0.39, 0.29) is 17.7 Å². The third kappa shape index (κ3) is 5.79. The van der Waals surface area contributed by atoms with E-state index in [9.17, 15) is 9.59 Å². The molecule has 2 rings (SSSR count). The average molecular weight is 371 g/mol. The van der Waals surface area contributed by atoms with Gasteiger partial charge in [0.15, 0.2) is 0 Å². The summed E-state index contributed by atoms with van der Waals surface area (Å²) in [5, 5.41) is 8.85. The number of benzene rings is 1. The first-order valence-corrected chi connectivity index (χ1v) is 8.26. The van der Waals surface area contributed by atoms with Crippen molar-refractivity contribution in [1.29, 1.82) is 0 Å². The van der Waals surface area contributed by atoms with E-state index in [0.717, 1.165) is 0 Å². The fourth-order valence-electron chi connectivity index (χ4n) is 2.41. The molecule has 1 N–H and O–H groups in total. The molecule has 0 heterocycles. The third-order valence-corrected chi connectivity index (χ3v) is 4.16. The van der Waals surface area contributed by atoms with Crippen LogP contribution in [0.15, 0.2) is 22.7 Å². The van der Waals surface area contributed by atoms with E-state index in [2.05, 4.69) is 29.8 Å². The SMILES string of the molecule is CC1(C)CCCC1.CCOC(=O)c1cc(Br)ccc1C(=O)O. The van der Waals surface area contributed by atoms with Crippen molar-refractivity contribution in [3.63, 3.8) is 0 Å². The second-order valence-corrected chi connectivity index (χ2v) is 7.00. The van der Waals surface area contributed by atoms with Crippen molar-refractivity contribution >= 4 is 27.9 Å². The molecule has 1 aliphatic rings. The average Bonchev–Trinajstić information content (AvgIpc) is 2.84. The van der Waals surface area contributed by atoms with Crippen LogP contribution in [-0.2, 0) is 4.74 Å². The highest BCUT2D eigenvalue weighted by Crippen LogP contribution is 2.36. The second-order valence-electron chi connectivity index (χ2n) is 6.09. The molecule has 0 aliphatic heterocycles. The summed E-state index contributed by atoms with van der Waals surface area (Å²) in [5.74, 6) is -1.78. The summed E-state index contributed by atoms with van der Waals surface area (Å²) in [6.45, 7) is 6.60. The minimum absolute atomic E-state index is 0.0544. The van der Waals surface area contributed by atoms with Gasteiger partial charge < -0.3 is 9.84 Å². The van der Waals surface area contributed by atoms with Crippen molar-refractivity contribution in [3.05, 3.63) is 33.8 Å². The largest absolute Gasteiger partial charge is 0.478 e. The number of carboxylic acid groups (broad SMARTS) is 1. The van der Waals surface area contributed by atoms with E-state index in [1.54, 1.807) is 13.0 Å². The second kappa shape index (κ2) is 8.32. The van der Waals surface area contributed by atoms with E-state index in [4.69, 9.17) is 9.84 Å². The molecule has 5 heteroatoms. The Kier molecular flexibility index (Phi) is 7.07. The molecule has 0 atom stereocenters. The molecular formula is C17H23BrO4. The van der Waals surface area contributed by atoms with Gasteiger partial charge in [-0.05, 0) is 43.4 Å². The maximum Gasteiger partial charge on any atom is 0.339 e. The molecular weight excluding hydrogens is 348 g/mol. The number of rotatable bonds is 3. The van der Waals surface area contributed by atoms with Crippen molar-refractivity contribution in [1.82, 2.24) is 0 Å². The van der Waals surface area contributed by atoms with Gasteiger partial charge in [-0.2, -0.15) is 0 Å². The van der Waals surface area contributed by atoms with Gasteiger partial charge in [0.2, 0.25) is 0 Å². The lowest BCUT2D eigenvalue weighted by Crippen LogP contribution is -2.11. The van der Waals surface area contributed by atoms with E-state index >= 15 is 0 Å². The summed E-state index contributed by atoms with van der Waals surface area (Å²) < 4.78 is 5.39. The van der Waals surface area contributed by atoms with Crippen LogP contribution in [0.1, 0.15) is 67.2 Å². The van der Waals surface area contributed by atoms with Crippen LogP contribution >= 0.6 is 15.9 Å². The van der Waals surface area contributed by atoms with E-state index in [0.29, 0.717) is 9.89 Å². The predicted octanol–water partition coefficient (Wildman–Crippen LogP) is 4.91. The molecule has 1 aliphatic carbocycles. The Morgan fingerprint density at radius 3 is 2.23 bits per heavy atom. The number of carbonyl (C=O) groups is 2. The van der Waals surface area contributed by atoms with Crippen LogP contribution in [0.5, 0.6) is 0 Å². The fourth-order valence-corrected chi connectivity index (χ4v) is 2.77. The molecule has 0 aromatic heterocycles. The predicted molar refractivity (Wildman–Crippen MR) is 89.3 cm³/mol. The Bertz CT molecular complexity index is 529. The quantitative estimate of drug-likeness (QED) is 0.767. The number of esters is 1. The molecule has 0 radical (unpaired) electrons. The zero-order valence-corrected chi connectivity index (χ0v) is 14.9. The summed E-state index contributed by atoms with van der Waals surface area (Å²) >= 11 is 3.16. The highest BCUT2D eigenvalue weighted by molar-refractivity contribution is 9.10. The Labute approximate surface area is 140 Å². The molecule has 4 nitrogen and oxygen atoms in total. The number of hydrogen-bond donors (Lipinski definition) is 1. The zero-order valence-electron chi connectivity index (χ0n) is 13.3. The monoisotopic (exact) mass is 370 g/mol. The van der Waals surface area contributed by atoms with Crippen LogP contribution in [0.2, 0.25) is 0 Å². The van der Waals surface area contributed by atoms with Gasteiger partial charge in [0.05, 0.1) is 17.7 Å². The molecule has 1 aromatic carbocycles. The molecule has 0 amide bonds. The van der Waals surface area contributed by atoms with E-state index in [1.807, 2.05) is 0 Å². The van der Waals surface area contributed by atoms with Crippen molar-refractivity contribution in [3.8, 4) is 0 Å². The van der Waals surface area contributed by atoms with Gasteiger partial charge in [-0.25, -0.2) is 9.59 Å². The minimum Gasteiger partial charge on any atom is -0.478 e. The summed E-state index contributed by atoms with van der Waals surface area (Å²) in [6, 6.07) is 4.35. The molecule has 1 saturated carbocycles. The van der Waals surface area contributed by atoms with E-state index in [1.165, 1.54) is 37.8 Å². The van der Waals surface area contributed by atoms with Crippen molar-refractivity contribution in [2.45, 2.75) is 46.5 Å². The minimum atomic E-state index is -1.15. The third-order valence-electron chi connectivity index (χ3n) is 3.66. The Balaban J connectivity index is 0.000000287. The number of carboxylic acids is 1. The van der Waals surface area contributed by atoms with Crippen LogP contribution in [-0.4, -0.2) is 23.7 Å². The summed E-state index contributed by atoms with van der Waals surface area (Å²) in [4.78, 5) is 22.2. The van der Waals surface area contributed by atoms with Gasteiger partial charge in [0.25, 0.3) is 0 Å². The first kappa shape index (κ1) is 18.7. The molecule has 22 heavy (non-hydrogen) atoms. The van der Waals surface area contributed by atoms with Crippen LogP contribution in [0.4, 0.5) is 0 Å². The van der Waals surface area contributed by atoms with Gasteiger partial charge >= 0.3 is 11.9 Å². The normalized spacial score (nSPS) is 15.6. The highest BCUT2D eigenvalue weighted by Gasteiger charge is 2.21. The first-order chi connectivity index (χ1) is 10.3. The maximum absolute atomic E-state index is 11.4. The number of halogens is 1. The first-order valence-electron chi connectivity index (χ1n) is 7.47. The Morgan fingerprint density at radius 1 is 1.23 bits per heavy atom. The van der Waals surface area contributed by atoms with Crippen LogP contribution in [0.3, 0.4) is 0 Å². The zero-order chi connectivity index (χ0) is 16.8. The number of carbonyl (C=O) groups excluding carboxylic acids is 1. The van der Waals surface area contributed by atoms with Gasteiger partial charge in [-0.1, -0.05) is 42.6 Å². The Morgan fingerprint density at radius 2 is 1.82 bits per heavy atom. The lowest BCUT2D eigenvalue weighted by Gasteiger charge is -2.13. The lowest BCUT2D eigenvalue weighted by atomic mass is 9.92. The van der Waals surface area contributed by atoms with Crippen LogP contribution in [0.25, 0.3) is 0 Å². The summed E-state index contributed by atoms with van der Waals surface area (Å²) in [5.41, 5.74) is 0.690. The lowest BCUT2D eigenvalue weighted by molar-refractivity contribution is 0.0514. The highest BCUT2D eigenvalue weighted by atomic mass is 79.9. The Hall–Kier alpha value is -1.36. The summed E-state index contributed by atoms with van der Waals surface area (Å²) in [6.07, 6.45) is 5.83. The van der Waals surface area contributed by atoms with Crippen molar-refractivity contribution in [2.24, 2.45) is 5.41 Å². The van der Waals surface area contributed by atoms with Crippen molar-refractivity contribution < 1.29 is 19.4 Å². The molecule has 1 fully saturated rings. The number of aromatic carboxylic acids is 1. The standard InChI is InChI=1S/C10H9BrO4.C7H14/c1-2-15-10(14)8-5-6(11)3-4-7(8)9(12)13;1-7(2)5-3-4-6-7/h3-5H,2H2,1H3,(H,12,13);3-6H2,1-2H3. The van der Waals surface area contributed by atoms with Gasteiger partial charge in [0.1, 0.15) is 0 Å². The molecule has 122 valence electrons. The molecule has 0 saturated heterocycles. The fraction of sp³-hybridized carbons (Fsp3) is 0.529. The molecule has 0 bridgehead atoms. The van der Waals surface area contributed by atoms with E-state index < -0.39 is 11.9 Å². The molecule has 0 unspecified atom stereocenters. The molecule has 0 spiro atoms. The van der Waals surface area contributed by atoms with Gasteiger partial charge in [-0.15, -0.1) is 0 Å². The molecule has 1 aromatic rings. The van der Waals surface area contributed by atoms with Crippen LogP contribution < -0.4 is 0 Å². The summed E-state index contributed by atoms with van der Waals surface area (Å²) in [7, 11) is 0. The maximum atomic E-state index is 11.4. The van der Waals surface area contributed by atoms with Crippen molar-refractivity contribution in [2.75, 3.05) is 6.61 Å². The van der Waals surface area contributed by atoms with Crippen LogP contribution in [0, 0.1) is 5.41 Å². The smallest absolute Gasteiger partial charge is 0.339 e. The van der Waals surface area contributed by atoms with Gasteiger partial charge in [0, 0.05) is 4.47 Å². The topological polar surface area (TPSA) is 63.6 Å².